The number of para-hydroxylation sites is 1. The van der Waals surface area contributed by atoms with Crippen LogP contribution in [0.2, 0.25) is 0 Å². The van der Waals surface area contributed by atoms with Crippen molar-refractivity contribution in [3.8, 4) is 17.0 Å². The molecule has 0 aliphatic carbocycles. The van der Waals surface area contributed by atoms with E-state index in [-0.39, 0.29) is 18.0 Å². The Morgan fingerprint density at radius 3 is 2.43 bits per heavy atom. The van der Waals surface area contributed by atoms with Crippen LogP contribution < -0.4 is 4.74 Å². The number of H-pyrrole nitrogens is 1. The van der Waals surface area contributed by atoms with E-state index < -0.39 is 0 Å². The molecule has 0 spiro atoms. The smallest absolute Gasteiger partial charge is 0.255 e. The van der Waals surface area contributed by atoms with E-state index in [4.69, 9.17) is 4.74 Å². The molecule has 4 aromatic carbocycles. The number of amides is 1. The van der Waals surface area contributed by atoms with E-state index in [0.29, 0.717) is 0 Å². The van der Waals surface area contributed by atoms with Gasteiger partial charge in [-0.3, -0.25) is 4.79 Å². The van der Waals surface area contributed by atoms with Gasteiger partial charge in [0.2, 0.25) is 0 Å². The maximum Gasteiger partial charge on any atom is 0.255 e. The Labute approximate surface area is 204 Å². The van der Waals surface area contributed by atoms with E-state index in [2.05, 4.69) is 54.4 Å². The monoisotopic (exact) mass is 458 g/mol. The molecule has 5 aromatic rings. The maximum atomic E-state index is 13.9. The zero-order chi connectivity index (χ0) is 23.9. The van der Waals surface area contributed by atoms with Gasteiger partial charge in [-0.1, -0.05) is 78.9 Å². The molecule has 0 saturated carbocycles. The summed E-state index contributed by atoms with van der Waals surface area (Å²) in [7, 11) is 1.68. The van der Waals surface area contributed by atoms with Crippen LogP contribution in [0.3, 0.4) is 0 Å². The molecule has 2 atom stereocenters. The van der Waals surface area contributed by atoms with Gasteiger partial charge in [0, 0.05) is 27.6 Å². The summed E-state index contributed by atoms with van der Waals surface area (Å²) < 4.78 is 5.53. The predicted molar refractivity (Wildman–Crippen MR) is 140 cm³/mol. The SMILES string of the molecule is COc1cccc(-c2[nH]c3ccccc3c2[C@H]2c3ccccc3C(=O)N2[C@@H](C)c2ccccc2)c1. The van der Waals surface area contributed by atoms with Crippen molar-refractivity contribution in [2.75, 3.05) is 7.11 Å². The van der Waals surface area contributed by atoms with Gasteiger partial charge in [-0.15, -0.1) is 0 Å². The summed E-state index contributed by atoms with van der Waals surface area (Å²) in [5.41, 5.74) is 7.10. The largest absolute Gasteiger partial charge is 0.497 e. The normalized spacial score (nSPS) is 15.9. The highest BCUT2D eigenvalue weighted by Crippen LogP contribution is 2.48. The van der Waals surface area contributed by atoms with Gasteiger partial charge in [0.25, 0.3) is 5.91 Å². The molecule has 1 N–H and O–H groups in total. The Morgan fingerprint density at radius 1 is 0.857 bits per heavy atom. The number of ether oxygens (including phenoxy) is 1. The topological polar surface area (TPSA) is 45.3 Å². The van der Waals surface area contributed by atoms with Crippen molar-refractivity contribution in [1.29, 1.82) is 0 Å². The summed E-state index contributed by atoms with van der Waals surface area (Å²) in [4.78, 5) is 19.6. The van der Waals surface area contributed by atoms with E-state index in [1.54, 1.807) is 7.11 Å². The summed E-state index contributed by atoms with van der Waals surface area (Å²) in [5, 5.41) is 1.12. The number of carbonyl (C=O) groups excluding carboxylic acids is 1. The van der Waals surface area contributed by atoms with E-state index >= 15 is 0 Å². The molecule has 1 aromatic heterocycles. The highest BCUT2D eigenvalue weighted by Gasteiger charge is 2.42. The molecule has 2 heterocycles. The van der Waals surface area contributed by atoms with Gasteiger partial charge in [0.05, 0.1) is 24.9 Å². The van der Waals surface area contributed by atoms with Crippen LogP contribution in [0, 0.1) is 0 Å². The number of aromatic amines is 1. The number of fused-ring (bicyclic) bond motifs is 2. The van der Waals surface area contributed by atoms with Crippen molar-refractivity contribution >= 4 is 16.8 Å². The van der Waals surface area contributed by atoms with Crippen LogP contribution in [0.5, 0.6) is 5.75 Å². The second-order valence-corrected chi connectivity index (χ2v) is 8.98. The molecule has 0 bridgehead atoms. The minimum atomic E-state index is -0.230. The van der Waals surface area contributed by atoms with Gasteiger partial charge < -0.3 is 14.6 Å². The number of benzene rings is 4. The lowest BCUT2D eigenvalue weighted by molar-refractivity contribution is 0.0678. The van der Waals surface area contributed by atoms with Crippen LogP contribution in [0.15, 0.2) is 103 Å². The minimum absolute atomic E-state index is 0.0591. The van der Waals surface area contributed by atoms with Gasteiger partial charge in [0.1, 0.15) is 5.75 Å². The molecule has 172 valence electrons. The maximum absolute atomic E-state index is 13.9. The fraction of sp³-hybridized carbons (Fsp3) is 0.129. The van der Waals surface area contributed by atoms with Gasteiger partial charge in [0.15, 0.2) is 0 Å². The Balaban J connectivity index is 1.63. The minimum Gasteiger partial charge on any atom is -0.497 e. The second kappa shape index (κ2) is 8.48. The molecular weight excluding hydrogens is 432 g/mol. The fourth-order valence-electron chi connectivity index (χ4n) is 5.38. The van der Waals surface area contributed by atoms with Crippen molar-refractivity contribution in [3.63, 3.8) is 0 Å². The predicted octanol–water partition coefficient (Wildman–Crippen LogP) is 7.15. The van der Waals surface area contributed by atoms with Crippen molar-refractivity contribution < 1.29 is 9.53 Å². The molecule has 0 fully saturated rings. The summed E-state index contributed by atoms with van der Waals surface area (Å²) in [6, 6.07) is 34.3. The zero-order valence-electron chi connectivity index (χ0n) is 19.7. The van der Waals surface area contributed by atoms with Crippen molar-refractivity contribution in [1.82, 2.24) is 9.88 Å². The molecule has 0 radical (unpaired) electrons. The Kier molecular flexibility index (Phi) is 5.14. The summed E-state index contributed by atoms with van der Waals surface area (Å²) in [6.07, 6.45) is 0. The summed E-state index contributed by atoms with van der Waals surface area (Å²) >= 11 is 0. The standard InChI is InChI=1S/C31H26N2O2/c1-20(21-11-4-3-5-12-21)33-30(24-15-6-7-16-25(24)31(33)34)28-26-17-8-9-18-27(26)32-29(28)22-13-10-14-23(19-22)35-2/h3-20,30,32H,1-2H3/t20-,30+/m0/s1. The Hall–Kier alpha value is -4.31. The van der Waals surface area contributed by atoms with Crippen molar-refractivity contribution in [2.45, 2.75) is 19.0 Å². The van der Waals surface area contributed by atoms with E-state index in [1.807, 2.05) is 65.6 Å². The van der Waals surface area contributed by atoms with Gasteiger partial charge in [-0.2, -0.15) is 0 Å². The van der Waals surface area contributed by atoms with Gasteiger partial charge in [-0.05, 0) is 42.3 Å². The summed E-state index contributed by atoms with van der Waals surface area (Å²) in [6.45, 7) is 2.12. The van der Waals surface area contributed by atoms with Crippen molar-refractivity contribution in [2.24, 2.45) is 0 Å². The number of hydrogen-bond acceptors (Lipinski definition) is 2. The highest BCUT2D eigenvalue weighted by atomic mass is 16.5. The van der Waals surface area contributed by atoms with Crippen LogP contribution >= 0.6 is 0 Å². The van der Waals surface area contributed by atoms with Crippen LogP contribution in [0.1, 0.15) is 46.1 Å². The molecule has 4 nitrogen and oxygen atoms in total. The van der Waals surface area contributed by atoms with E-state index in [1.165, 1.54) is 0 Å². The Morgan fingerprint density at radius 2 is 1.60 bits per heavy atom. The molecule has 0 saturated heterocycles. The third-order valence-corrected chi connectivity index (χ3v) is 7.08. The molecule has 0 unspecified atom stereocenters. The molecule has 6 rings (SSSR count). The number of methoxy groups -OCH3 is 1. The zero-order valence-corrected chi connectivity index (χ0v) is 19.7. The van der Waals surface area contributed by atoms with Crippen LogP contribution in [0.4, 0.5) is 0 Å². The number of aromatic nitrogens is 1. The summed E-state index contributed by atoms with van der Waals surface area (Å²) in [5.74, 6) is 0.855. The molecule has 1 aliphatic rings. The van der Waals surface area contributed by atoms with E-state index in [9.17, 15) is 4.79 Å². The lowest BCUT2D eigenvalue weighted by Gasteiger charge is -2.32. The second-order valence-electron chi connectivity index (χ2n) is 8.98. The number of nitrogens with one attached hydrogen (secondary N) is 1. The number of nitrogens with zero attached hydrogens (tertiary/aromatic N) is 1. The number of hydrogen-bond donors (Lipinski definition) is 1. The number of carbonyl (C=O) groups is 1. The van der Waals surface area contributed by atoms with Crippen LogP contribution in [-0.2, 0) is 0 Å². The van der Waals surface area contributed by atoms with Gasteiger partial charge in [-0.25, -0.2) is 0 Å². The fourth-order valence-corrected chi connectivity index (χ4v) is 5.38. The number of rotatable bonds is 5. The van der Waals surface area contributed by atoms with Crippen LogP contribution in [0.25, 0.3) is 22.2 Å². The average molecular weight is 459 g/mol. The molecule has 4 heteroatoms. The average Bonchev–Trinajstić information content (AvgIpc) is 3.44. The van der Waals surface area contributed by atoms with Gasteiger partial charge >= 0.3 is 0 Å². The first-order chi connectivity index (χ1) is 17.2. The first-order valence-electron chi connectivity index (χ1n) is 11.9. The molecular formula is C31H26N2O2. The third-order valence-electron chi connectivity index (χ3n) is 7.08. The molecule has 1 aliphatic heterocycles. The quantitative estimate of drug-likeness (QED) is 0.304. The van der Waals surface area contributed by atoms with Crippen LogP contribution in [-0.4, -0.2) is 22.9 Å². The third kappa shape index (κ3) is 3.41. The lowest BCUT2D eigenvalue weighted by atomic mass is 9.92. The Bertz CT molecular complexity index is 1540. The first kappa shape index (κ1) is 21.2. The van der Waals surface area contributed by atoms with E-state index in [0.717, 1.165) is 50.2 Å². The van der Waals surface area contributed by atoms with Crippen molar-refractivity contribution in [3.05, 3.63) is 125 Å². The lowest BCUT2D eigenvalue weighted by Crippen LogP contribution is -2.31. The molecule has 35 heavy (non-hydrogen) atoms. The first-order valence-corrected chi connectivity index (χ1v) is 11.9. The molecule has 1 amide bonds. The highest BCUT2D eigenvalue weighted by molar-refractivity contribution is 6.02.